The van der Waals surface area contributed by atoms with E-state index >= 15 is 0 Å². The van der Waals surface area contributed by atoms with E-state index in [0.717, 1.165) is 24.7 Å². The zero-order chi connectivity index (χ0) is 23.2. The molecule has 0 saturated heterocycles. The van der Waals surface area contributed by atoms with Crippen molar-refractivity contribution in [3.63, 3.8) is 0 Å². The highest BCUT2D eigenvalue weighted by Gasteiger charge is 2.49. The average Bonchev–Trinajstić information content (AvgIpc) is 2.79. The van der Waals surface area contributed by atoms with E-state index in [1.165, 1.54) is 10.4 Å². The van der Waals surface area contributed by atoms with Crippen molar-refractivity contribution in [1.82, 2.24) is 0 Å². The number of carbonyl (C=O) groups is 1. The molecule has 0 bridgehead atoms. The fourth-order valence-corrected chi connectivity index (χ4v) is 9.27. The Morgan fingerprint density at radius 1 is 0.938 bits per heavy atom. The van der Waals surface area contributed by atoms with Gasteiger partial charge in [-0.15, -0.1) is 0 Å². The van der Waals surface area contributed by atoms with Crippen molar-refractivity contribution in [3.8, 4) is 0 Å². The SMILES string of the molecule is CC(CCCO[Si](c1ccccc1)(c1ccccc1)C(C)(C)C)c1ccc(Cl)c(C=O)c1. The summed E-state index contributed by atoms with van der Waals surface area (Å²) in [5.74, 6) is 0.328. The van der Waals surface area contributed by atoms with E-state index in [-0.39, 0.29) is 5.04 Å². The molecule has 3 aromatic carbocycles. The molecule has 0 aliphatic heterocycles. The zero-order valence-corrected chi connectivity index (χ0v) is 21.2. The summed E-state index contributed by atoms with van der Waals surface area (Å²) in [7, 11) is -2.49. The Labute approximate surface area is 198 Å². The largest absolute Gasteiger partial charge is 0.407 e. The Balaban J connectivity index is 1.80. The quantitative estimate of drug-likeness (QED) is 0.202. The minimum Gasteiger partial charge on any atom is -0.407 e. The van der Waals surface area contributed by atoms with Crippen LogP contribution in [0.25, 0.3) is 0 Å². The Morgan fingerprint density at radius 2 is 1.50 bits per heavy atom. The number of aldehydes is 1. The summed E-state index contributed by atoms with van der Waals surface area (Å²) in [6.45, 7) is 9.80. The van der Waals surface area contributed by atoms with Gasteiger partial charge in [0.05, 0.1) is 5.02 Å². The second-order valence-electron chi connectivity index (χ2n) is 9.45. The van der Waals surface area contributed by atoms with Gasteiger partial charge in [-0.25, -0.2) is 0 Å². The maximum absolute atomic E-state index is 11.2. The molecule has 0 heterocycles. The number of hydrogen-bond donors (Lipinski definition) is 0. The van der Waals surface area contributed by atoms with E-state index in [0.29, 0.717) is 23.1 Å². The number of hydrogen-bond acceptors (Lipinski definition) is 2. The molecule has 0 saturated carbocycles. The van der Waals surface area contributed by atoms with Gasteiger partial charge in [0.1, 0.15) is 0 Å². The molecule has 2 nitrogen and oxygen atoms in total. The second-order valence-corrected chi connectivity index (χ2v) is 14.2. The van der Waals surface area contributed by atoms with Gasteiger partial charge in [-0.2, -0.15) is 0 Å². The first-order chi connectivity index (χ1) is 15.3. The monoisotopic (exact) mass is 464 g/mol. The molecule has 3 rings (SSSR count). The molecule has 0 fully saturated rings. The third-order valence-corrected chi connectivity index (χ3v) is 11.6. The van der Waals surface area contributed by atoms with Crippen molar-refractivity contribution in [1.29, 1.82) is 0 Å². The van der Waals surface area contributed by atoms with Gasteiger partial charge in [0.25, 0.3) is 8.32 Å². The first-order valence-corrected chi connectivity index (χ1v) is 13.6. The highest BCUT2D eigenvalue weighted by molar-refractivity contribution is 6.99. The lowest BCUT2D eigenvalue weighted by molar-refractivity contribution is 0.112. The van der Waals surface area contributed by atoms with Crippen LogP contribution in [0.1, 0.15) is 62.4 Å². The lowest BCUT2D eigenvalue weighted by Gasteiger charge is -2.43. The van der Waals surface area contributed by atoms with E-state index in [1.807, 2.05) is 18.2 Å². The van der Waals surface area contributed by atoms with E-state index in [9.17, 15) is 4.79 Å². The summed E-state index contributed by atoms with van der Waals surface area (Å²) >= 11 is 6.09. The fourth-order valence-electron chi connectivity index (χ4n) is 4.50. The summed E-state index contributed by atoms with van der Waals surface area (Å²) in [6.07, 6.45) is 2.76. The van der Waals surface area contributed by atoms with Crippen molar-refractivity contribution in [2.75, 3.05) is 6.61 Å². The summed E-state index contributed by atoms with van der Waals surface area (Å²) in [6, 6.07) is 27.2. The smallest absolute Gasteiger partial charge is 0.261 e. The standard InChI is InChI=1S/C28H33ClO2Si/c1-22(23-17-18-27(29)24(20-23)21-30)12-11-19-31-32(28(2,3)4,25-13-7-5-8-14-25)26-15-9-6-10-16-26/h5-10,13-18,20-22H,11-12,19H2,1-4H3. The van der Waals surface area contributed by atoms with Crippen LogP contribution in [0.5, 0.6) is 0 Å². The number of carbonyl (C=O) groups excluding carboxylic acids is 1. The van der Waals surface area contributed by atoms with Crippen LogP contribution < -0.4 is 10.4 Å². The van der Waals surface area contributed by atoms with Crippen molar-refractivity contribution >= 4 is 36.6 Å². The van der Waals surface area contributed by atoms with E-state index in [2.05, 4.69) is 88.4 Å². The average molecular weight is 465 g/mol. The molecule has 0 amide bonds. The van der Waals surface area contributed by atoms with Crippen LogP contribution in [0.2, 0.25) is 10.1 Å². The third-order valence-electron chi connectivity index (χ3n) is 6.23. The fraction of sp³-hybridized carbons (Fsp3) is 0.321. The lowest BCUT2D eigenvalue weighted by Crippen LogP contribution is -2.66. The van der Waals surface area contributed by atoms with Gasteiger partial charge in [0.15, 0.2) is 6.29 Å². The van der Waals surface area contributed by atoms with Crippen LogP contribution in [0.4, 0.5) is 0 Å². The maximum atomic E-state index is 11.2. The maximum Gasteiger partial charge on any atom is 0.261 e. The molecule has 0 spiro atoms. The Hall–Kier alpha value is -2.20. The highest BCUT2D eigenvalue weighted by Crippen LogP contribution is 2.37. The Morgan fingerprint density at radius 3 is 2.00 bits per heavy atom. The van der Waals surface area contributed by atoms with Crippen molar-refractivity contribution < 1.29 is 9.22 Å². The topological polar surface area (TPSA) is 26.3 Å². The van der Waals surface area contributed by atoms with E-state index in [4.69, 9.17) is 16.0 Å². The molecule has 4 heteroatoms. The molecule has 1 unspecified atom stereocenters. The molecular weight excluding hydrogens is 432 g/mol. The molecule has 32 heavy (non-hydrogen) atoms. The molecule has 0 N–H and O–H groups in total. The molecule has 0 radical (unpaired) electrons. The molecule has 0 aliphatic carbocycles. The van der Waals surface area contributed by atoms with Crippen molar-refractivity contribution in [3.05, 3.63) is 95.0 Å². The number of benzene rings is 3. The Bertz CT molecular complexity index is 973. The van der Waals surface area contributed by atoms with Gasteiger partial charge in [-0.1, -0.05) is 106 Å². The zero-order valence-electron chi connectivity index (χ0n) is 19.5. The molecule has 0 aliphatic rings. The van der Waals surface area contributed by atoms with Gasteiger partial charge < -0.3 is 4.43 Å². The number of halogens is 1. The van der Waals surface area contributed by atoms with Crippen LogP contribution >= 0.6 is 11.6 Å². The predicted octanol–water partition coefficient (Wildman–Crippen LogP) is 6.61. The van der Waals surface area contributed by atoms with Crippen LogP contribution in [0.15, 0.2) is 78.9 Å². The van der Waals surface area contributed by atoms with Crippen molar-refractivity contribution in [2.24, 2.45) is 0 Å². The molecule has 1 atom stereocenters. The predicted molar refractivity (Wildman–Crippen MR) is 138 cm³/mol. The summed E-state index contributed by atoms with van der Waals surface area (Å²) in [4.78, 5) is 11.2. The van der Waals surface area contributed by atoms with Crippen LogP contribution in [0, 0.1) is 0 Å². The summed E-state index contributed by atoms with van der Waals surface area (Å²) < 4.78 is 6.98. The molecule has 3 aromatic rings. The third kappa shape index (κ3) is 5.23. The van der Waals surface area contributed by atoms with E-state index < -0.39 is 8.32 Å². The molecule has 168 valence electrons. The number of rotatable bonds is 9. The van der Waals surface area contributed by atoms with Gasteiger partial charge in [0.2, 0.25) is 0 Å². The van der Waals surface area contributed by atoms with E-state index in [1.54, 1.807) is 0 Å². The van der Waals surface area contributed by atoms with Gasteiger partial charge in [-0.05, 0) is 51.9 Å². The minimum atomic E-state index is -2.49. The summed E-state index contributed by atoms with van der Waals surface area (Å²) in [5.41, 5.74) is 1.70. The summed E-state index contributed by atoms with van der Waals surface area (Å²) in [5, 5.41) is 3.10. The van der Waals surface area contributed by atoms with Crippen LogP contribution in [0.3, 0.4) is 0 Å². The van der Waals surface area contributed by atoms with Crippen LogP contribution in [-0.2, 0) is 4.43 Å². The van der Waals surface area contributed by atoms with Gasteiger partial charge >= 0.3 is 0 Å². The minimum absolute atomic E-state index is 0.0175. The first kappa shape index (κ1) is 24.4. The normalized spacial score (nSPS) is 13.0. The highest BCUT2D eigenvalue weighted by atomic mass is 35.5. The van der Waals surface area contributed by atoms with Gasteiger partial charge in [0, 0.05) is 12.2 Å². The molecular formula is C28H33ClO2Si. The van der Waals surface area contributed by atoms with Crippen LogP contribution in [-0.4, -0.2) is 21.2 Å². The van der Waals surface area contributed by atoms with Crippen molar-refractivity contribution in [2.45, 2.75) is 51.5 Å². The Kier molecular flexibility index (Phi) is 8.10. The lowest BCUT2D eigenvalue weighted by atomic mass is 9.95. The first-order valence-electron chi connectivity index (χ1n) is 11.3. The van der Waals surface area contributed by atoms with Gasteiger partial charge in [-0.3, -0.25) is 4.79 Å². The second kappa shape index (κ2) is 10.6. The molecule has 0 aromatic heterocycles.